The lowest BCUT2D eigenvalue weighted by atomic mass is 10.2. The minimum atomic E-state index is -0.761. The third kappa shape index (κ3) is 3.82. The number of hydrogen-bond donors (Lipinski definition) is 1. The highest BCUT2D eigenvalue weighted by Gasteiger charge is 2.17. The molecule has 7 heteroatoms. The summed E-state index contributed by atoms with van der Waals surface area (Å²) < 4.78 is 5.74. The molecule has 23 heavy (non-hydrogen) atoms. The number of ether oxygens (including phenoxy) is 1. The van der Waals surface area contributed by atoms with Crippen LogP contribution in [0.1, 0.15) is 29.0 Å². The van der Waals surface area contributed by atoms with Crippen molar-refractivity contribution in [3.63, 3.8) is 0 Å². The molecule has 1 aromatic heterocycles. The summed E-state index contributed by atoms with van der Waals surface area (Å²) in [6, 6.07) is 8.47. The minimum Gasteiger partial charge on any atom is -0.465 e. The van der Waals surface area contributed by atoms with Gasteiger partial charge in [-0.25, -0.2) is 9.48 Å². The van der Waals surface area contributed by atoms with Crippen LogP contribution in [0.3, 0.4) is 0 Å². The van der Waals surface area contributed by atoms with Gasteiger partial charge in [0.05, 0.1) is 18.4 Å². The quantitative estimate of drug-likeness (QED) is 0.864. The zero-order valence-corrected chi connectivity index (χ0v) is 13.1. The van der Waals surface area contributed by atoms with Gasteiger partial charge in [-0.2, -0.15) is 5.10 Å². The van der Waals surface area contributed by atoms with Crippen molar-refractivity contribution in [3.05, 3.63) is 58.0 Å². The molecule has 120 valence electrons. The van der Waals surface area contributed by atoms with Crippen molar-refractivity contribution in [1.82, 2.24) is 9.78 Å². The van der Waals surface area contributed by atoms with E-state index in [9.17, 15) is 14.4 Å². The van der Waals surface area contributed by atoms with E-state index in [1.807, 2.05) is 0 Å². The smallest absolute Gasteiger partial charge is 0.337 e. The standard InChI is InChI=1S/C16H17N3O4/c1-10-4-9-14(20)19(18-10)11(2)15(21)17-13-7-5-12(6-8-13)16(22)23-3/h4-9,11H,1-3H3,(H,17,21). The van der Waals surface area contributed by atoms with Crippen LogP contribution < -0.4 is 10.9 Å². The van der Waals surface area contributed by atoms with Gasteiger partial charge in [-0.1, -0.05) is 0 Å². The van der Waals surface area contributed by atoms with E-state index < -0.39 is 12.0 Å². The van der Waals surface area contributed by atoms with E-state index in [4.69, 9.17) is 0 Å². The molecule has 0 fully saturated rings. The van der Waals surface area contributed by atoms with Crippen LogP contribution in [-0.4, -0.2) is 28.8 Å². The number of carbonyl (C=O) groups is 2. The molecule has 1 atom stereocenters. The Kier molecular flexibility index (Phi) is 4.90. The molecule has 0 saturated heterocycles. The predicted octanol–water partition coefficient (Wildman–Crippen LogP) is 1.54. The van der Waals surface area contributed by atoms with Crippen molar-refractivity contribution < 1.29 is 14.3 Å². The predicted molar refractivity (Wildman–Crippen MR) is 84.4 cm³/mol. The first-order valence-corrected chi connectivity index (χ1v) is 6.98. The molecule has 0 aliphatic carbocycles. The molecule has 1 N–H and O–H groups in total. The highest BCUT2D eigenvalue weighted by atomic mass is 16.5. The van der Waals surface area contributed by atoms with Crippen LogP contribution in [0.2, 0.25) is 0 Å². The van der Waals surface area contributed by atoms with Gasteiger partial charge < -0.3 is 10.1 Å². The Balaban J connectivity index is 2.13. The van der Waals surface area contributed by atoms with Crippen LogP contribution in [0, 0.1) is 6.92 Å². The van der Waals surface area contributed by atoms with E-state index >= 15 is 0 Å². The zero-order chi connectivity index (χ0) is 17.0. The van der Waals surface area contributed by atoms with Crippen molar-refractivity contribution in [3.8, 4) is 0 Å². The number of benzene rings is 1. The second kappa shape index (κ2) is 6.87. The van der Waals surface area contributed by atoms with Crippen molar-refractivity contribution in [1.29, 1.82) is 0 Å². The Morgan fingerprint density at radius 2 is 1.83 bits per heavy atom. The normalized spacial score (nSPS) is 11.6. The molecular weight excluding hydrogens is 298 g/mol. The second-order valence-electron chi connectivity index (χ2n) is 4.99. The fourth-order valence-corrected chi connectivity index (χ4v) is 1.96. The van der Waals surface area contributed by atoms with E-state index in [1.165, 1.54) is 13.2 Å². The van der Waals surface area contributed by atoms with E-state index in [-0.39, 0.29) is 11.5 Å². The maximum atomic E-state index is 12.2. The Labute approximate surface area is 132 Å². The Morgan fingerprint density at radius 3 is 2.43 bits per heavy atom. The fourth-order valence-electron chi connectivity index (χ4n) is 1.96. The van der Waals surface area contributed by atoms with Gasteiger partial charge in [0.1, 0.15) is 6.04 Å². The number of rotatable bonds is 4. The zero-order valence-electron chi connectivity index (χ0n) is 13.1. The molecule has 1 heterocycles. The molecule has 0 radical (unpaired) electrons. The molecule has 1 amide bonds. The summed E-state index contributed by atoms with van der Waals surface area (Å²) in [5, 5.41) is 6.75. The van der Waals surface area contributed by atoms with Gasteiger partial charge in [0.15, 0.2) is 0 Å². The van der Waals surface area contributed by atoms with E-state index in [0.717, 1.165) is 4.68 Å². The van der Waals surface area contributed by atoms with Crippen LogP contribution in [-0.2, 0) is 9.53 Å². The average molecular weight is 315 g/mol. The third-order valence-corrected chi connectivity index (χ3v) is 3.28. The molecule has 2 rings (SSSR count). The van der Waals surface area contributed by atoms with Gasteiger partial charge in [-0.05, 0) is 44.2 Å². The molecule has 0 bridgehead atoms. The number of carbonyl (C=O) groups excluding carboxylic acids is 2. The molecule has 7 nitrogen and oxygen atoms in total. The van der Waals surface area contributed by atoms with Gasteiger partial charge in [0.25, 0.3) is 5.56 Å². The van der Waals surface area contributed by atoms with E-state index in [1.54, 1.807) is 44.2 Å². The minimum absolute atomic E-state index is 0.348. The lowest BCUT2D eigenvalue weighted by Crippen LogP contribution is -2.33. The van der Waals surface area contributed by atoms with E-state index in [2.05, 4.69) is 15.2 Å². The topological polar surface area (TPSA) is 90.3 Å². The maximum absolute atomic E-state index is 12.2. The molecule has 0 spiro atoms. The number of hydrogen-bond acceptors (Lipinski definition) is 5. The first-order valence-electron chi connectivity index (χ1n) is 6.98. The number of methoxy groups -OCH3 is 1. The average Bonchev–Trinajstić information content (AvgIpc) is 2.56. The van der Waals surface area contributed by atoms with Gasteiger partial charge in [0, 0.05) is 11.8 Å². The summed E-state index contributed by atoms with van der Waals surface area (Å²) in [5.41, 5.74) is 1.19. The van der Waals surface area contributed by atoms with Gasteiger partial charge >= 0.3 is 5.97 Å². The van der Waals surface area contributed by atoms with Crippen molar-refractivity contribution >= 4 is 17.6 Å². The summed E-state index contributed by atoms with van der Waals surface area (Å²) in [7, 11) is 1.30. The first kappa shape index (κ1) is 16.4. The number of anilines is 1. The Bertz CT molecular complexity index is 781. The van der Waals surface area contributed by atoms with Crippen LogP contribution in [0.5, 0.6) is 0 Å². The number of aryl methyl sites for hydroxylation is 1. The maximum Gasteiger partial charge on any atom is 0.337 e. The lowest BCUT2D eigenvalue weighted by Gasteiger charge is -2.14. The molecule has 0 aliphatic rings. The van der Waals surface area contributed by atoms with Crippen LogP contribution in [0.15, 0.2) is 41.2 Å². The fraction of sp³-hybridized carbons (Fsp3) is 0.250. The number of esters is 1. The molecule has 2 aromatic rings. The van der Waals surface area contributed by atoms with Crippen LogP contribution in [0.25, 0.3) is 0 Å². The summed E-state index contributed by atoms with van der Waals surface area (Å²) >= 11 is 0. The van der Waals surface area contributed by atoms with Gasteiger partial charge in [-0.15, -0.1) is 0 Å². The Hall–Kier alpha value is -2.96. The number of amides is 1. The van der Waals surface area contributed by atoms with Gasteiger partial charge in [0.2, 0.25) is 5.91 Å². The lowest BCUT2D eigenvalue weighted by molar-refractivity contribution is -0.119. The summed E-state index contributed by atoms with van der Waals surface area (Å²) in [6.45, 7) is 3.33. The van der Waals surface area contributed by atoms with Crippen LogP contribution >= 0.6 is 0 Å². The van der Waals surface area contributed by atoms with E-state index in [0.29, 0.717) is 16.9 Å². The third-order valence-electron chi connectivity index (χ3n) is 3.28. The van der Waals surface area contributed by atoms with Crippen molar-refractivity contribution in [2.75, 3.05) is 12.4 Å². The molecule has 0 saturated carbocycles. The summed E-state index contributed by atoms with van der Waals surface area (Å²) in [4.78, 5) is 35.4. The molecule has 1 aromatic carbocycles. The highest BCUT2D eigenvalue weighted by molar-refractivity contribution is 5.94. The Morgan fingerprint density at radius 1 is 1.17 bits per heavy atom. The summed E-state index contributed by atoms with van der Waals surface area (Å²) in [5.74, 6) is -0.831. The summed E-state index contributed by atoms with van der Waals surface area (Å²) in [6.07, 6.45) is 0. The monoisotopic (exact) mass is 315 g/mol. The molecule has 1 unspecified atom stereocenters. The second-order valence-corrected chi connectivity index (χ2v) is 4.99. The first-order chi connectivity index (χ1) is 10.9. The SMILES string of the molecule is COC(=O)c1ccc(NC(=O)C(C)n2nc(C)ccc2=O)cc1. The molecule has 0 aliphatic heterocycles. The number of nitrogens with one attached hydrogen (secondary N) is 1. The van der Waals surface area contributed by atoms with Crippen molar-refractivity contribution in [2.24, 2.45) is 0 Å². The molecular formula is C16H17N3O4. The number of nitrogens with zero attached hydrogens (tertiary/aromatic N) is 2. The van der Waals surface area contributed by atoms with Crippen LogP contribution in [0.4, 0.5) is 5.69 Å². The highest BCUT2D eigenvalue weighted by Crippen LogP contribution is 2.12. The van der Waals surface area contributed by atoms with Gasteiger partial charge in [-0.3, -0.25) is 9.59 Å². The largest absolute Gasteiger partial charge is 0.465 e. The number of aromatic nitrogens is 2. The van der Waals surface area contributed by atoms with Crippen molar-refractivity contribution in [2.45, 2.75) is 19.9 Å².